The number of unbranched alkanes of at least 4 members (excludes halogenated alkanes) is 1. The first kappa shape index (κ1) is 16.4. The normalized spacial score (nSPS) is 30.4. The Balaban J connectivity index is 1.73. The van der Waals surface area contributed by atoms with E-state index >= 15 is 0 Å². The van der Waals surface area contributed by atoms with Crippen molar-refractivity contribution in [2.45, 2.75) is 93.4 Å². The molecule has 0 aliphatic heterocycles. The summed E-state index contributed by atoms with van der Waals surface area (Å²) in [5.74, 6) is 3.30. The molecule has 3 atom stereocenters. The minimum absolute atomic E-state index is 0.426. The second-order valence-electron chi connectivity index (χ2n) is 10.2. The molecule has 0 bridgehead atoms. The predicted molar refractivity (Wildman–Crippen MR) is 89.8 cm³/mol. The van der Waals surface area contributed by atoms with Gasteiger partial charge in [-0.1, -0.05) is 61.3 Å². The molecule has 0 nitrogen and oxygen atoms in total. The van der Waals surface area contributed by atoms with Crippen molar-refractivity contribution in [3.63, 3.8) is 0 Å². The van der Waals surface area contributed by atoms with Gasteiger partial charge >= 0.3 is 0 Å². The van der Waals surface area contributed by atoms with Gasteiger partial charge in [-0.05, 0) is 66.1 Å². The van der Waals surface area contributed by atoms with Crippen molar-refractivity contribution < 1.29 is 0 Å². The highest BCUT2D eigenvalue weighted by atomic mass is 14.6. The molecule has 2 rings (SSSR count). The Morgan fingerprint density at radius 1 is 0.800 bits per heavy atom. The van der Waals surface area contributed by atoms with Gasteiger partial charge in [0, 0.05) is 0 Å². The second kappa shape index (κ2) is 5.33. The molecule has 20 heavy (non-hydrogen) atoms. The van der Waals surface area contributed by atoms with E-state index in [2.05, 4.69) is 48.5 Å². The molecular formula is C20H38. The van der Waals surface area contributed by atoms with Crippen LogP contribution >= 0.6 is 0 Å². The van der Waals surface area contributed by atoms with Gasteiger partial charge in [-0.15, -0.1) is 0 Å². The summed E-state index contributed by atoms with van der Waals surface area (Å²) < 4.78 is 0. The Bertz CT molecular complexity index is 328. The van der Waals surface area contributed by atoms with Crippen molar-refractivity contribution in [1.29, 1.82) is 0 Å². The van der Waals surface area contributed by atoms with Crippen molar-refractivity contribution in [1.82, 2.24) is 0 Å². The molecule has 0 aromatic carbocycles. The van der Waals surface area contributed by atoms with Crippen molar-refractivity contribution in [3.8, 4) is 0 Å². The molecule has 3 unspecified atom stereocenters. The van der Waals surface area contributed by atoms with Crippen LogP contribution in [0.15, 0.2) is 0 Å². The monoisotopic (exact) mass is 278 g/mol. The lowest BCUT2D eigenvalue weighted by Crippen LogP contribution is -2.29. The van der Waals surface area contributed by atoms with E-state index in [0.717, 1.165) is 17.8 Å². The van der Waals surface area contributed by atoms with E-state index in [4.69, 9.17) is 0 Å². The van der Waals surface area contributed by atoms with Gasteiger partial charge in [-0.3, -0.25) is 0 Å². The molecule has 2 aliphatic rings. The number of fused-ring (bicyclic) bond motifs is 1. The van der Waals surface area contributed by atoms with E-state index in [1.807, 2.05) is 0 Å². The van der Waals surface area contributed by atoms with Gasteiger partial charge in [-0.2, -0.15) is 0 Å². The molecule has 0 heteroatoms. The van der Waals surface area contributed by atoms with Crippen molar-refractivity contribution in [2.24, 2.45) is 34.0 Å². The van der Waals surface area contributed by atoms with Crippen LogP contribution in [-0.2, 0) is 0 Å². The fraction of sp³-hybridized carbons (Fsp3) is 1.00. The molecule has 0 spiro atoms. The number of hydrogen-bond acceptors (Lipinski definition) is 0. The summed E-state index contributed by atoms with van der Waals surface area (Å²) in [6.45, 7) is 17.2. The molecular weight excluding hydrogens is 240 g/mol. The molecule has 0 aromatic rings. The van der Waals surface area contributed by atoms with E-state index in [9.17, 15) is 0 Å². The van der Waals surface area contributed by atoms with Gasteiger partial charge in [0.15, 0.2) is 0 Å². The fourth-order valence-electron chi connectivity index (χ4n) is 4.38. The highest BCUT2D eigenvalue weighted by Crippen LogP contribution is 2.61. The first-order chi connectivity index (χ1) is 9.05. The van der Waals surface area contributed by atoms with Crippen LogP contribution in [0, 0.1) is 34.0 Å². The SMILES string of the molecule is CC(C)(CCCCC(C)(C)C(C)(C)C)C1CCC2CC21. The van der Waals surface area contributed by atoms with E-state index in [1.54, 1.807) is 6.42 Å². The van der Waals surface area contributed by atoms with Crippen LogP contribution in [0.1, 0.15) is 93.4 Å². The maximum absolute atomic E-state index is 2.55. The van der Waals surface area contributed by atoms with Crippen LogP contribution in [0.5, 0.6) is 0 Å². The quantitative estimate of drug-likeness (QED) is 0.475. The molecule has 0 N–H and O–H groups in total. The molecule has 2 fully saturated rings. The van der Waals surface area contributed by atoms with Crippen molar-refractivity contribution in [2.75, 3.05) is 0 Å². The highest BCUT2D eigenvalue weighted by Gasteiger charge is 2.52. The van der Waals surface area contributed by atoms with E-state index in [0.29, 0.717) is 16.2 Å². The van der Waals surface area contributed by atoms with Crippen LogP contribution < -0.4 is 0 Å². The average Bonchev–Trinajstić information content (AvgIpc) is 2.93. The van der Waals surface area contributed by atoms with Crippen LogP contribution in [0.2, 0.25) is 0 Å². The van der Waals surface area contributed by atoms with Crippen LogP contribution in [0.25, 0.3) is 0 Å². The summed E-state index contributed by atoms with van der Waals surface area (Å²) in [6, 6.07) is 0. The summed E-state index contributed by atoms with van der Waals surface area (Å²) >= 11 is 0. The van der Waals surface area contributed by atoms with Gasteiger partial charge in [0.1, 0.15) is 0 Å². The Morgan fingerprint density at radius 3 is 1.85 bits per heavy atom. The summed E-state index contributed by atoms with van der Waals surface area (Å²) in [7, 11) is 0. The highest BCUT2D eigenvalue weighted by molar-refractivity contribution is 5.02. The minimum atomic E-state index is 0.426. The molecule has 0 saturated heterocycles. The lowest BCUT2D eigenvalue weighted by Gasteiger charge is -2.39. The Hall–Kier alpha value is 0. The van der Waals surface area contributed by atoms with Crippen molar-refractivity contribution in [3.05, 3.63) is 0 Å². The van der Waals surface area contributed by atoms with Crippen LogP contribution in [0.3, 0.4) is 0 Å². The Morgan fingerprint density at radius 2 is 1.40 bits per heavy atom. The molecule has 2 saturated carbocycles. The molecule has 2 aliphatic carbocycles. The Labute approximate surface area is 128 Å². The average molecular weight is 279 g/mol. The molecule has 0 amide bonds. The zero-order valence-corrected chi connectivity index (χ0v) is 15.2. The minimum Gasteiger partial charge on any atom is -0.0597 e. The Kier molecular flexibility index (Phi) is 4.36. The summed E-state index contributed by atoms with van der Waals surface area (Å²) in [5.41, 5.74) is 1.49. The second-order valence-corrected chi connectivity index (χ2v) is 10.2. The van der Waals surface area contributed by atoms with Crippen LogP contribution in [-0.4, -0.2) is 0 Å². The summed E-state index contributed by atoms with van der Waals surface area (Å²) in [4.78, 5) is 0. The van der Waals surface area contributed by atoms with E-state index in [-0.39, 0.29) is 0 Å². The maximum atomic E-state index is 2.55. The van der Waals surface area contributed by atoms with Crippen molar-refractivity contribution >= 4 is 0 Å². The summed E-state index contributed by atoms with van der Waals surface area (Å²) in [5, 5.41) is 0. The molecule has 0 heterocycles. The molecule has 118 valence electrons. The van der Waals surface area contributed by atoms with Gasteiger partial charge in [0.2, 0.25) is 0 Å². The smallest absolute Gasteiger partial charge is 0.0306 e. The van der Waals surface area contributed by atoms with Gasteiger partial charge in [0.05, 0.1) is 0 Å². The third-order valence-corrected chi connectivity index (χ3v) is 7.25. The largest absolute Gasteiger partial charge is 0.0597 e. The summed E-state index contributed by atoms with van der Waals surface area (Å²) in [6.07, 6.45) is 10.3. The van der Waals surface area contributed by atoms with Gasteiger partial charge in [0.25, 0.3) is 0 Å². The third-order valence-electron chi connectivity index (χ3n) is 7.25. The first-order valence-corrected chi connectivity index (χ1v) is 9.05. The third kappa shape index (κ3) is 3.42. The van der Waals surface area contributed by atoms with E-state index < -0.39 is 0 Å². The molecule has 0 aromatic heterocycles. The zero-order valence-electron chi connectivity index (χ0n) is 15.2. The zero-order chi connectivity index (χ0) is 15.2. The van der Waals surface area contributed by atoms with Gasteiger partial charge in [-0.25, -0.2) is 0 Å². The van der Waals surface area contributed by atoms with Gasteiger partial charge < -0.3 is 0 Å². The maximum Gasteiger partial charge on any atom is -0.0306 e. The lowest BCUT2D eigenvalue weighted by molar-refractivity contribution is 0.110. The predicted octanol–water partition coefficient (Wildman–Crippen LogP) is 6.69. The number of rotatable bonds is 6. The molecule has 0 radical (unpaired) electrons. The first-order valence-electron chi connectivity index (χ1n) is 9.05. The fourth-order valence-corrected chi connectivity index (χ4v) is 4.38. The lowest BCUT2D eigenvalue weighted by atomic mass is 9.66. The van der Waals surface area contributed by atoms with E-state index in [1.165, 1.54) is 38.5 Å². The topological polar surface area (TPSA) is 0 Å². The van der Waals surface area contributed by atoms with Crippen LogP contribution in [0.4, 0.5) is 0 Å². The standard InChI is InChI=1S/C20H38/c1-18(2,3)20(6,7)13-9-8-12-19(4,5)17-11-10-15-14-16(15)17/h15-17H,8-14H2,1-7H3. The number of hydrogen-bond donors (Lipinski definition) is 0.